The Kier molecular flexibility index (Phi) is 2.46. The zero-order valence-corrected chi connectivity index (χ0v) is 9.35. The Bertz CT molecular complexity index is 281. The van der Waals surface area contributed by atoms with Crippen LogP contribution in [0.15, 0.2) is 12.1 Å². The number of hydrogen-bond donors (Lipinski definition) is 0. The van der Waals surface area contributed by atoms with Gasteiger partial charge >= 0.3 is 0 Å². The molecule has 1 heterocycles. The van der Waals surface area contributed by atoms with Gasteiger partial charge in [0.1, 0.15) is 5.75 Å². The topological polar surface area (TPSA) is 9.23 Å². The van der Waals surface area contributed by atoms with Crippen molar-refractivity contribution in [1.29, 1.82) is 0 Å². The summed E-state index contributed by atoms with van der Waals surface area (Å²) in [6, 6.07) is 4.02. The summed E-state index contributed by atoms with van der Waals surface area (Å²) in [7, 11) is 0. The molecule has 3 heteroatoms. The first-order chi connectivity index (χ1) is 5.77. The van der Waals surface area contributed by atoms with Gasteiger partial charge in [-0.1, -0.05) is 11.6 Å². The second kappa shape index (κ2) is 3.42. The molecular weight excluding hydrogens is 286 g/mol. The average Bonchev–Trinajstić information content (AvgIpc) is 2.07. The highest BCUT2D eigenvalue weighted by atomic mass is 127. The molecule has 0 amide bonds. The van der Waals surface area contributed by atoms with Crippen LogP contribution in [-0.2, 0) is 6.42 Å². The van der Waals surface area contributed by atoms with Crippen LogP contribution in [0, 0.1) is 3.57 Å². The first kappa shape index (κ1) is 8.63. The summed E-state index contributed by atoms with van der Waals surface area (Å²) in [4.78, 5) is 0. The van der Waals surface area contributed by atoms with E-state index >= 15 is 0 Å². The minimum absolute atomic E-state index is 0.788. The molecule has 1 aliphatic rings. The Morgan fingerprint density at radius 3 is 3.08 bits per heavy atom. The number of ether oxygens (including phenoxy) is 1. The number of fused-ring (bicyclic) bond motifs is 1. The highest BCUT2D eigenvalue weighted by molar-refractivity contribution is 14.1. The first-order valence-corrected chi connectivity index (χ1v) is 5.34. The van der Waals surface area contributed by atoms with Gasteiger partial charge in [0.05, 0.1) is 11.6 Å². The molecule has 12 heavy (non-hydrogen) atoms. The van der Waals surface area contributed by atoms with E-state index in [1.807, 2.05) is 6.07 Å². The molecule has 0 spiro atoms. The van der Waals surface area contributed by atoms with Crippen molar-refractivity contribution in [2.75, 3.05) is 6.61 Å². The molecule has 1 aromatic carbocycles. The van der Waals surface area contributed by atoms with Crippen LogP contribution in [-0.4, -0.2) is 6.61 Å². The van der Waals surface area contributed by atoms with Gasteiger partial charge in [-0.3, -0.25) is 0 Å². The van der Waals surface area contributed by atoms with Crippen molar-refractivity contribution in [3.05, 3.63) is 26.3 Å². The van der Waals surface area contributed by atoms with E-state index in [1.54, 1.807) is 0 Å². The lowest BCUT2D eigenvalue weighted by Gasteiger charge is -2.17. The second-order valence-corrected chi connectivity index (χ2v) is 4.40. The fourth-order valence-electron chi connectivity index (χ4n) is 1.34. The smallest absolute Gasteiger partial charge is 0.124 e. The van der Waals surface area contributed by atoms with E-state index in [0.717, 1.165) is 33.8 Å². The van der Waals surface area contributed by atoms with Gasteiger partial charge in [0.25, 0.3) is 0 Å². The molecule has 0 aliphatic carbocycles. The molecule has 1 nitrogen and oxygen atoms in total. The van der Waals surface area contributed by atoms with E-state index in [1.165, 1.54) is 5.56 Å². The van der Waals surface area contributed by atoms with Crippen molar-refractivity contribution in [2.24, 2.45) is 0 Å². The summed E-state index contributed by atoms with van der Waals surface area (Å²) >= 11 is 8.20. The van der Waals surface area contributed by atoms with Gasteiger partial charge in [-0.15, -0.1) is 0 Å². The third kappa shape index (κ3) is 1.55. The van der Waals surface area contributed by atoms with Crippen LogP contribution in [0.2, 0.25) is 5.02 Å². The van der Waals surface area contributed by atoms with Crippen LogP contribution in [0.1, 0.15) is 12.0 Å². The highest BCUT2D eigenvalue weighted by Crippen LogP contribution is 2.31. The van der Waals surface area contributed by atoms with Gasteiger partial charge in [-0.25, -0.2) is 0 Å². The largest absolute Gasteiger partial charge is 0.493 e. The number of aryl methyl sites for hydroxylation is 1. The fraction of sp³-hybridized carbons (Fsp3) is 0.333. The summed E-state index contributed by atoms with van der Waals surface area (Å²) in [5.41, 5.74) is 1.29. The molecule has 0 atom stereocenters. The van der Waals surface area contributed by atoms with E-state index in [9.17, 15) is 0 Å². The lowest BCUT2D eigenvalue weighted by atomic mass is 10.1. The molecule has 0 radical (unpaired) electrons. The second-order valence-electron chi connectivity index (χ2n) is 2.83. The number of benzene rings is 1. The monoisotopic (exact) mass is 294 g/mol. The minimum atomic E-state index is 0.788. The van der Waals surface area contributed by atoms with Gasteiger partial charge < -0.3 is 4.74 Å². The molecular formula is C9H8ClIO. The maximum atomic E-state index is 5.96. The Hall–Kier alpha value is 0.0400. The number of rotatable bonds is 0. The van der Waals surface area contributed by atoms with Gasteiger partial charge in [0.15, 0.2) is 0 Å². The van der Waals surface area contributed by atoms with Gasteiger partial charge in [0.2, 0.25) is 0 Å². The quantitative estimate of drug-likeness (QED) is 0.667. The van der Waals surface area contributed by atoms with Crippen molar-refractivity contribution >= 4 is 34.2 Å². The molecule has 2 rings (SSSR count). The Morgan fingerprint density at radius 2 is 2.25 bits per heavy atom. The van der Waals surface area contributed by atoms with Gasteiger partial charge in [0, 0.05) is 9.64 Å². The predicted octanol–water partition coefficient (Wildman–Crippen LogP) is 3.27. The van der Waals surface area contributed by atoms with E-state index in [-0.39, 0.29) is 0 Å². The van der Waals surface area contributed by atoms with Crippen molar-refractivity contribution in [1.82, 2.24) is 0 Å². The van der Waals surface area contributed by atoms with Crippen LogP contribution in [0.4, 0.5) is 0 Å². The van der Waals surface area contributed by atoms with Gasteiger partial charge in [-0.05, 0) is 47.1 Å². The van der Waals surface area contributed by atoms with Crippen LogP contribution >= 0.6 is 34.2 Å². The van der Waals surface area contributed by atoms with Crippen molar-refractivity contribution in [3.63, 3.8) is 0 Å². The SMILES string of the molecule is Clc1cc2c(cc1I)CCCO2. The predicted molar refractivity (Wildman–Crippen MR) is 58.0 cm³/mol. The molecule has 1 aromatic rings. The van der Waals surface area contributed by atoms with E-state index in [2.05, 4.69) is 28.7 Å². The third-order valence-corrected chi connectivity index (χ3v) is 3.48. The van der Waals surface area contributed by atoms with E-state index in [4.69, 9.17) is 16.3 Å². The molecule has 0 unspecified atom stereocenters. The zero-order valence-electron chi connectivity index (χ0n) is 6.44. The molecule has 0 saturated carbocycles. The van der Waals surface area contributed by atoms with E-state index < -0.39 is 0 Å². The average molecular weight is 295 g/mol. The van der Waals surface area contributed by atoms with Crippen LogP contribution in [0.3, 0.4) is 0 Å². The van der Waals surface area contributed by atoms with Crippen molar-refractivity contribution in [3.8, 4) is 5.75 Å². The third-order valence-electron chi connectivity index (χ3n) is 1.95. The number of halogens is 2. The van der Waals surface area contributed by atoms with Crippen molar-refractivity contribution < 1.29 is 4.74 Å². The Labute approximate surface area is 90.2 Å². The Balaban J connectivity index is 2.49. The summed E-state index contributed by atoms with van der Waals surface area (Å²) in [6.45, 7) is 0.823. The summed E-state index contributed by atoms with van der Waals surface area (Å²) in [6.07, 6.45) is 2.23. The zero-order chi connectivity index (χ0) is 8.55. The molecule has 0 fully saturated rings. The number of hydrogen-bond acceptors (Lipinski definition) is 1. The molecule has 0 N–H and O–H groups in total. The first-order valence-electron chi connectivity index (χ1n) is 3.88. The Morgan fingerprint density at radius 1 is 1.42 bits per heavy atom. The maximum absolute atomic E-state index is 5.96. The van der Waals surface area contributed by atoms with Crippen LogP contribution in [0.5, 0.6) is 5.75 Å². The maximum Gasteiger partial charge on any atom is 0.124 e. The van der Waals surface area contributed by atoms with Crippen molar-refractivity contribution in [2.45, 2.75) is 12.8 Å². The highest BCUT2D eigenvalue weighted by Gasteiger charge is 2.12. The molecule has 0 bridgehead atoms. The minimum Gasteiger partial charge on any atom is -0.493 e. The molecule has 1 aliphatic heterocycles. The molecule has 64 valence electrons. The molecule has 0 aromatic heterocycles. The summed E-state index contributed by atoms with van der Waals surface area (Å²) in [5, 5.41) is 0.788. The van der Waals surface area contributed by atoms with Crippen LogP contribution < -0.4 is 4.74 Å². The summed E-state index contributed by atoms with van der Waals surface area (Å²) in [5.74, 6) is 0.965. The lowest BCUT2D eigenvalue weighted by Crippen LogP contribution is -2.08. The summed E-state index contributed by atoms with van der Waals surface area (Å²) < 4.78 is 6.58. The normalized spacial score (nSPS) is 15.2. The fourth-order valence-corrected chi connectivity index (χ4v) is 2.03. The molecule has 0 saturated heterocycles. The van der Waals surface area contributed by atoms with Gasteiger partial charge in [-0.2, -0.15) is 0 Å². The van der Waals surface area contributed by atoms with E-state index in [0.29, 0.717) is 0 Å². The lowest BCUT2D eigenvalue weighted by molar-refractivity contribution is 0.288. The van der Waals surface area contributed by atoms with Crippen LogP contribution in [0.25, 0.3) is 0 Å². The standard InChI is InChI=1S/C9H8ClIO/c10-7-5-9-6(4-8(7)11)2-1-3-12-9/h4-5H,1-3H2.